The van der Waals surface area contributed by atoms with Crippen LogP contribution in [0.3, 0.4) is 0 Å². The first-order valence-corrected chi connectivity index (χ1v) is 6.42. The first-order chi connectivity index (χ1) is 9.12. The van der Waals surface area contributed by atoms with Crippen LogP contribution in [0, 0.1) is 11.3 Å². The summed E-state index contributed by atoms with van der Waals surface area (Å²) in [6.07, 6.45) is 0. The number of nitriles is 1. The van der Waals surface area contributed by atoms with Crippen molar-refractivity contribution in [3.05, 3.63) is 23.8 Å². The van der Waals surface area contributed by atoms with Crippen LogP contribution >= 0.6 is 0 Å². The minimum absolute atomic E-state index is 0.491. The first kappa shape index (κ1) is 16.5. The predicted octanol–water partition coefficient (Wildman–Crippen LogP) is 0.854. The standard InChI is InChI=1S/C14H21BN2O3/c1-13(2,18)14(3,4)20-15(19)11-7-6-10(9-16)12(8-11)17-5/h6-8,17-19H,1-5H3. The molecule has 0 heterocycles. The fraction of sp³-hybridized carbons (Fsp3) is 0.500. The van der Waals surface area contributed by atoms with E-state index >= 15 is 0 Å². The van der Waals surface area contributed by atoms with E-state index in [0.717, 1.165) is 0 Å². The highest BCUT2D eigenvalue weighted by molar-refractivity contribution is 6.60. The average molecular weight is 276 g/mol. The van der Waals surface area contributed by atoms with Crippen molar-refractivity contribution in [2.75, 3.05) is 12.4 Å². The van der Waals surface area contributed by atoms with Crippen molar-refractivity contribution in [2.45, 2.75) is 38.9 Å². The van der Waals surface area contributed by atoms with Crippen molar-refractivity contribution < 1.29 is 14.8 Å². The van der Waals surface area contributed by atoms with Gasteiger partial charge in [-0.3, -0.25) is 0 Å². The van der Waals surface area contributed by atoms with Crippen LogP contribution in [-0.4, -0.2) is 35.5 Å². The summed E-state index contributed by atoms with van der Waals surface area (Å²) in [5, 5.41) is 32.0. The van der Waals surface area contributed by atoms with Crippen molar-refractivity contribution in [1.29, 1.82) is 5.26 Å². The smallest absolute Gasteiger partial charge is 0.423 e. The van der Waals surface area contributed by atoms with Crippen LogP contribution in [0.5, 0.6) is 0 Å². The fourth-order valence-electron chi connectivity index (χ4n) is 1.51. The molecule has 1 rings (SSSR count). The topological polar surface area (TPSA) is 85.5 Å². The van der Waals surface area contributed by atoms with Gasteiger partial charge in [0.05, 0.1) is 22.5 Å². The van der Waals surface area contributed by atoms with Gasteiger partial charge in [-0.1, -0.05) is 6.07 Å². The van der Waals surface area contributed by atoms with Crippen LogP contribution < -0.4 is 10.8 Å². The van der Waals surface area contributed by atoms with Crippen LogP contribution in [0.1, 0.15) is 33.3 Å². The lowest BCUT2D eigenvalue weighted by Crippen LogP contribution is -2.53. The van der Waals surface area contributed by atoms with E-state index in [4.69, 9.17) is 9.92 Å². The Balaban J connectivity index is 3.00. The molecule has 6 heteroatoms. The molecule has 1 aromatic carbocycles. The Kier molecular flexibility index (Phi) is 4.82. The van der Waals surface area contributed by atoms with Gasteiger partial charge in [0, 0.05) is 7.05 Å². The second kappa shape index (κ2) is 5.84. The lowest BCUT2D eigenvalue weighted by molar-refractivity contribution is -0.0982. The molecule has 5 nitrogen and oxygen atoms in total. The maximum absolute atomic E-state index is 10.2. The SMILES string of the molecule is CNc1cc(B(O)OC(C)(C)C(C)(C)O)ccc1C#N. The monoisotopic (exact) mass is 276 g/mol. The zero-order valence-corrected chi connectivity index (χ0v) is 12.6. The van der Waals surface area contributed by atoms with Gasteiger partial charge in [0.1, 0.15) is 6.07 Å². The van der Waals surface area contributed by atoms with Crippen LogP contribution in [0.2, 0.25) is 0 Å². The number of anilines is 1. The number of nitrogens with one attached hydrogen (secondary N) is 1. The lowest BCUT2D eigenvalue weighted by atomic mass is 9.76. The van der Waals surface area contributed by atoms with E-state index in [-0.39, 0.29) is 0 Å². The molecule has 0 spiro atoms. The molecule has 0 saturated heterocycles. The van der Waals surface area contributed by atoms with Gasteiger partial charge in [0.15, 0.2) is 0 Å². The van der Waals surface area contributed by atoms with Crippen LogP contribution in [0.4, 0.5) is 5.69 Å². The molecule has 3 N–H and O–H groups in total. The fourth-order valence-corrected chi connectivity index (χ4v) is 1.51. The number of hydrogen-bond donors (Lipinski definition) is 3. The summed E-state index contributed by atoms with van der Waals surface area (Å²) in [6, 6.07) is 6.96. The Morgan fingerprint density at radius 1 is 1.30 bits per heavy atom. The molecule has 108 valence electrons. The van der Waals surface area contributed by atoms with Gasteiger partial charge in [-0.2, -0.15) is 5.26 Å². The Hall–Kier alpha value is -1.55. The Morgan fingerprint density at radius 3 is 2.35 bits per heavy atom. The van der Waals surface area contributed by atoms with E-state index in [1.54, 1.807) is 52.9 Å². The molecular formula is C14H21BN2O3. The molecule has 20 heavy (non-hydrogen) atoms. The van der Waals surface area contributed by atoms with Crippen LogP contribution in [-0.2, 0) is 4.65 Å². The minimum Gasteiger partial charge on any atom is -0.423 e. The van der Waals surface area contributed by atoms with Crippen molar-refractivity contribution in [3.8, 4) is 6.07 Å². The van der Waals surface area contributed by atoms with Crippen molar-refractivity contribution in [3.63, 3.8) is 0 Å². The van der Waals surface area contributed by atoms with E-state index in [1.807, 2.05) is 0 Å². The molecule has 0 aliphatic carbocycles. The van der Waals surface area contributed by atoms with E-state index in [2.05, 4.69) is 11.4 Å². The maximum Gasteiger partial charge on any atom is 0.491 e. The summed E-state index contributed by atoms with van der Waals surface area (Å²) in [7, 11) is 0.518. The largest absolute Gasteiger partial charge is 0.491 e. The van der Waals surface area contributed by atoms with Gasteiger partial charge < -0.3 is 20.1 Å². The summed E-state index contributed by atoms with van der Waals surface area (Å²) >= 11 is 0. The molecule has 0 atom stereocenters. The predicted molar refractivity (Wildman–Crippen MR) is 79.8 cm³/mol. The molecule has 0 aliphatic rings. The minimum atomic E-state index is -1.18. The van der Waals surface area contributed by atoms with Gasteiger partial charge in [-0.25, -0.2) is 0 Å². The van der Waals surface area contributed by atoms with E-state index < -0.39 is 18.3 Å². The molecule has 0 bridgehead atoms. The third kappa shape index (κ3) is 3.51. The molecule has 0 unspecified atom stereocenters. The molecular weight excluding hydrogens is 255 g/mol. The molecule has 1 aromatic rings. The van der Waals surface area contributed by atoms with E-state index in [0.29, 0.717) is 16.7 Å². The normalized spacial score (nSPS) is 11.9. The van der Waals surface area contributed by atoms with Gasteiger partial charge in [0.2, 0.25) is 0 Å². The van der Waals surface area contributed by atoms with Crippen molar-refractivity contribution >= 4 is 18.3 Å². The number of nitrogens with zero attached hydrogens (tertiary/aromatic N) is 1. The van der Waals surface area contributed by atoms with Crippen molar-refractivity contribution in [1.82, 2.24) is 0 Å². The van der Waals surface area contributed by atoms with Crippen LogP contribution in [0.25, 0.3) is 0 Å². The molecule has 0 amide bonds. The van der Waals surface area contributed by atoms with Gasteiger partial charge in [-0.15, -0.1) is 0 Å². The highest BCUT2D eigenvalue weighted by atomic mass is 16.5. The highest BCUT2D eigenvalue weighted by Crippen LogP contribution is 2.25. The van der Waals surface area contributed by atoms with E-state index in [1.165, 1.54) is 0 Å². The van der Waals surface area contributed by atoms with Gasteiger partial charge in [-0.05, 0) is 45.3 Å². The third-order valence-electron chi connectivity index (χ3n) is 3.60. The lowest BCUT2D eigenvalue weighted by Gasteiger charge is -2.38. The quantitative estimate of drug-likeness (QED) is 0.694. The first-order valence-electron chi connectivity index (χ1n) is 6.42. The van der Waals surface area contributed by atoms with Gasteiger partial charge >= 0.3 is 7.12 Å². The molecule has 0 radical (unpaired) electrons. The second-order valence-electron chi connectivity index (χ2n) is 5.71. The zero-order chi connectivity index (χ0) is 15.6. The van der Waals surface area contributed by atoms with E-state index in [9.17, 15) is 10.1 Å². The summed E-state index contributed by atoms with van der Waals surface area (Å²) in [4.78, 5) is 0. The number of hydrogen-bond acceptors (Lipinski definition) is 5. The summed E-state index contributed by atoms with van der Waals surface area (Å²) in [6.45, 7) is 6.66. The molecule has 0 aliphatic heterocycles. The van der Waals surface area contributed by atoms with Crippen LogP contribution in [0.15, 0.2) is 18.2 Å². The summed E-state index contributed by atoms with van der Waals surface area (Å²) in [5.41, 5.74) is -0.406. The summed E-state index contributed by atoms with van der Waals surface area (Å²) in [5.74, 6) is 0. The Morgan fingerprint density at radius 2 is 1.90 bits per heavy atom. The Labute approximate surface area is 120 Å². The number of benzene rings is 1. The summed E-state index contributed by atoms with van der Waals surface area (Å²) < 4.78 is 5.56. The second-order valence-corrected chi connectivity index (χ2v) is 5.71. The Bertz CT molecular complexity index is 518. The molecule has 0 aromatic heterocycles. The zero-order valence-electron chi connectivity index (χ0n) is 12.6. The highest BCUT2D eigenvalue weighted by Gasteiger charge is 2.39. The number of aliphatic hydroxyl groups is 1. The van der Waals surface area contributed by atoms with Crippen molar-refractivity contribution in [2.24, 2.45) is 0 Å². The van der Waals surface area contributed by atoms with Gasteiger partial charge in [0.25, 0.3) is 0 Å². The molecule has 0 saturated carbocycles. The number of rotatable bonds is 5. The molecule has 0 fully saturated rings. The average Bonchev–Trinajstić information content (AvgIpc) is 2.35. The third-order valence-corrected chi connectivity index (χ3v) is 3.60. The maximum atomic E-state index is 10.2.